The fraction of sp³-hybridized carbons (Fsp3) is 0.625. The van der Waals surface area contributed by atoms with Crippen LogP contribution in [0.2, 0.25) is 0 Å². The zero-order valence-corrected chi connectivity index (χ0v) is 6.13. The van der Waals surface area contributed by atoms with Crippen molar-refractivity contribution >= 4 is 0 Å². The molecule has 0 atom stereocenters. The van der Waals surface area contributed by atoms with E-state index in [1.54, 1.807) is 6.26 Å². The maximum absolute atomic E-state index is 4.89. The molecule has 0 unspecified atom stereocenters. The SMILES string of the molecule is CCc1nocc1C1CC1. The number of aromatic nitrogens is 1. The van der Waals surface area contributed by atoms with Crippen molar-refractivity contribution in [3.8, 4) is 0 Å². The van der Waals surface area contributed by atoms with Gasteiger partial charge in [-0.1, -0.05) is 12.1 Å². The number of hydrogen-bond donors (Lipinski definition) is 0. The molecule has 2 heteroatoms. The zero-order valence-electron chi connectivity index (χ0n) is 6.13. The van der Waals surface area contributed by atoms with Crippen molar-refractivity contribution < 1.29 is 4.52 Å². The minimum absolute atomic E-state index is 0.779. The Bertz CT molecular complexity index is 225. The summed E-state index contributed by atoms with van der Waals surface area (Å²) in [6.07, 6.45) is 5.46. The van der Waals surface area contributed by atoms with Gasteiger partial charge in [0.2, 0.25) is 0 Å². The molecule has 0 N–H and O–H groups in total. The van der Waals surface area contributed by atoms with Crippen LogP contribution in [0.3, 0.4) is 0 Å². The molecule has 0 radical (unpaired) electrons. The van der Waals surface area contributed by atoms with Crippen molar-refractivity contribution in [3.05, 3.63) is 17.5 Å². The molecule has 2 nitrogen and oxygen atoms in total. The third kappa shape index (κ3) is 0.838. The maximum Gasteiger partial charge on any atom is 0.127 e. The maximum atomic E-state index is 4.89. The first-order valence-corrected chi connectivity index (χ1v) is 3.85. The molecule has 1 aromatic heterocycles. The summed E-state index contributed by atoms with van der Waals surface area (Å²) in [5.74, 6) is 0.779. The summed E-state index contributed by atoms with van der Waals surface area (Å²) in [6, 6.07) is 0. The lowest BCUT2D eigenvalue weighted by molar-refractivity contribution is 0.412. The summed E-state index contributed by atoms with van der Waals surface area (Å²) in [5, 5.41) is 3.92. The van der Waals surface area contributed by atoms with Crippen LogP contribution in [-0.2, 0) is 6.42 Å². The van der Waals surface area contributed by atoms with Crippen LogP contribution in [0.4, 0.5) is 0 Å². The quantitative estimate of drug-likeness (QED) is 0.624. The first kappa shape index (κ1) is 5.96. The minimum Gasteiger partial charge on any atom is -0.364 e. The first-order chi connectivity index (χ1) is 4.92. The second kappa shape index (κ2) is 2.11. The molecule has 54 valence electrons. The van der Waals surface area contributed by atoms with E-state index in [0.29, 0.717) is 0 Å². The lowest BCUT2D eigenvalue weighted by Crippen LogP contribution is -1.85. The van der Waals surface area contributed by atoms with Crippen molar-refractivity contribution in [1.29, 1.82) is 0 Å². The second-order valence-corrected chi connectivity index (χ2v) is 2.84. The topological polar surface area (TPSA) is 26.0 Å². The fourth-order valence-corrected chi connectivity index (χ4v) is 1.26. The number of rotatable bonds is 2. The summed E-state index contributed by atoms with van der Waals surface area (Å²) in [5.41, 5.74) is 2.50. The smallest absolute Gasteiger partial charge is 0.127 e. The summed E-state index contributed by atoms with van der Waals surface area (Å²) in [7, 11) is 0. The molecule has 1 aliphatic rings. The largest absolute Gasteiger partial charge is 0.364 e. The molecule has 0 amide bonds. The Morgan fingerprint density at radius 2 is 2.50 bits per heavy atom. The van der Waals surface area contributed by atoms with Gasteiger partial charge in [-0.25, -0.2) is 0 Å². The summed E-state index contributed by atoms with van der Waals surface area (Å²) < 4.78 is 4.89. The summed E-state index contributed by atoms with van der Waals surface area (Å²) in [4.78, 5) is 0. The van der Waals surface area contributed by atoms with Gasteiger partial charge in [0, 0.05) is 5.56 Å². The van der Waals surface area contributed by atoms with Crippen LogP contribution in [0.25, 0.3) is 0 Å². The Labute approximate surface area is 60.2 Å². The lowest BCUT2D eigenvalue weighted by atomic mass is 10.1. The van der Waals surface area contributed by atoms with Crippen LogP contribution < -0.4 is 0 Å². The Hall–Kier alpha value is -0.790. The van der Waals surface area contributed by atoms with Crippen molar-refractivity contribution in [2.75, 3.05) is 0 Å². The zero-order chi connectivity index (χ0) is 6.97. The highest BCUT2D eigenvalue weighted by Crippen LogP contribution is 2.41. The fourth-order valence-electron chi connectivity index (χ4n) is 1.26. The van der Waals surface area contributed by atoms with Crippen molar-refractivity contribution in [1.82, 2.24) is 5.16 Å². The van der Waals surface area contributed by atoms with E-state index in [0.717, 1.165) is 18.0 Å². The number of aryl methyl sites for hydroxylation is 1. The van der Waals surface area contributed by atoms with Crippen LogP contribution in [0.1, 0.15) is 36.9 Å². The highest BCUT2D eigenvalue weighted by Gasteiger charge is 2.27. The molecular formula is C8H11NO. The number of nitrogens with zero attached hydrogens (tertiary/aromatic N) is 1. The van der Waals surface area contributed by atoms with Crippen molar-refractivity contribution in [3.63, 3.8) is 0 Å². The predicted octanol–water partition coefficient (Wildman–Crippen LogP) is 2.11. The van der Waals surface area contributed by atoms with Crippen molar-refractivity contribution in [2.24, 2.45) is 0 Å². The van der Waals surface area contributed by atoms with Gasteiger partial charge in [-0.05, 0) is 25.2 Å². The highest BCUT2D eigenvalue weighted by atomic mass is 16.5. The molecule has 0 spiro atoms. The van der Waals surface area contributed by atoms with E-state index in [4.69, 9.17) is 4.52 Å². The highest BCUT2D eigenvalue weighted by molar-refractivity contribution is 5.23. The van der Waals surface area contributed by atoms with E-state index < -0.39 is 0 Å². The molecule has 1 aromatic rings. The predicted molar refractivity (Wildman–Crippen MR) is 37.9 cm³/mol. The van der Waals surface area contributed by atoms with Gasteiger partial charge in [-0.3, -0.25) is 0 Å². The van der Waals surface area contributed by atoms with E-state index in [1.165, 1.54) is 18.4 Å². The lowest BCUT2D eigenvalue weighted by Gasteiger charge is -1.90. The Kier molecular flexibility index (Phi) is 1.26. The summed E-state index contributed by atoms with van der Waals surface area (Å²) in [6.45, 7) is 2.11. The standard InChI is InChI=1S/C8H11NO/c1-2-8-7(5-10-9-8)6-3-4-6/h5-6H,2-4H2,1H3. The van der Waals surface area contributed by atoms with Gasteiger partial charge in [0.1, 0.15) is 6.26 Å². The van der Waals surface area contributed by atoms with Gasteiger partial charge < -0.3 is 4.52 Å². The molecule has 1 saturated carbocycles. The summed E-state index contributed by atoms with van der Waals surface area (Å²) >= 11 is 0. The molecule has 2 rings (SSSR count). The monoisotopic (exact) mass is 137 g/mol. The molecule has 0 saturated heterocycles. The van der Waals surface area contributed by atoms with Gasteiger partial charge in [-0.15, -0.1) is 0 Å². The molecular weight excluding hydrogens is 126 g/mol. The minimum atomic E-state index is 0.779. The molecule has 0 aromatic carbocycles. The molecule has 10 heavy (non-hydrogen) atoms. The van der Waals surface area contributed by atoms with E-state index in [9.17, 15) is 0 Å². The van der Waals surface area contributed by atoms with E-state index >= 15 is 0 Å². The van der Waals surface area contributed by atoms with E-state index in [1.807, 2.05) is 0 Å². The van der Waals surface area contributed by atoms with Gasteiger partial charge in [0.25, 0.3) is 0 Å². The van der Waals surface area contributed by atoms with E-state index in [-0.39, 0.29) is 0 Å². The van der Waals surface area contributed by atoms with Crippen molar-refractivity contribution in [2.45, 2.75) is 32.1 Å². The van der Waals surface area contributed by atoms with E-state index in [2.05, 4.69) is 12.1 Å². The Morgan fingerprint density at radius 1 is 1.70 bits per heavy atom. The van der Waals surface area contributed by atoms with Crippen LogP contribution in [0.5, 0.6) is 0 Å². The average Bonchev–Trinajstić information content (AvgIpc) is 2.69. The molecule has 0 bridgehead atoms. The average molecular weight is 137 g/mol. The molecule has 0 aliphatic heterocycles. The van der Waals surface area contributed by atoms with Gasteiger partial charge >= 0.3 is 0 Å². The third-order valence-electron chi connectivity index (χ3n) is 2.03. The Balaban J connectivity index is 2.28. The first-order valence-electron chi connectivity index (χ1n) is 3.85. The third-order valence-corrected chi connectivity index (χ3v) is 2.03. The molecule has 1 aliphatic carbocycles. The van der Waals surface area contributed by atoms with Crippen LogP contribution in [-0.4, -0.2) is 5.16 Å². The van der Waals surface area contributed by atoms with Crippen LogP contribution in [0, 0.1) is 0 Å². The second-order valence-electron chi connectivity index (χ2n) is 2.84. The van der Waals surface area contributed by atoms with Crippen LogP contribution >= 0.6 is 0 Å². The normalized spacial score (nSPS) is 17.7. The van der Waals surface area contributed by atoms with Gasteiger partial charge in [0.15, 0.2) is 0 Å². The van der Waals surface area contributed by atoms with Gasteiger partial charge in [0.05, 0.1) is 5.69 Å². The van der Waals surface area contributed by atoms with Crippen LogP contribution in [0.15, 0.2) is 10.8 Å². The van der Waals surface area contributed by atoms with Gasteiger partial charge in [-0.2, -0.15) is 0 Å². The molecule has 1 fully saturated rings. The Morgan fingerprint density at radius 3 is 3.10 bits per heavy atom. The number of hydrogen-bond acceptors (Lipinski definition) is 2. The molecule has 1 heterocycles.